The normalized spacial score (nSPS) is 26.7. The third-order valence-corrected chi connectivity index (χ3v) is 7.60. The first-order valence-electron chi connectivity index (χ1n) is 10.2. The van der Waals surface area contributed by atoms with Gasteiger partial charge in [0.1, 0.15) is 0 Å². The number of benzene rings is 1. The molecule has 2 bridgehead atoms. The molecule has 1 aromatic rings. The molecule has 4 unspecified atom stereocenters. The van der Waals surface area contributed by atoms with Gasteiger partial charge in [0.05, 0.1) is 0 Å². The topological polar surface area (TPSA) is 83.5 Å². The van der Waals surface area contributed by atoms with Crippen LogP contribution < -0.4 is 4.72 Å². The van der Waals surface area contributed by atoms with E-state index >= 15 is 0 Å². The molecular weight excluding hydrogens is 454 g/mol. The van der Waals surface area contributed by atoms with E-state index in [1.54, 1.807) is 6.08 Å². The maximum absolute atomic E-state index is 12.7. The largest absolute Gasteiger partial charge is 0.481 e. The van der Waals surface area contributed by atoms with Gasteiger partial charge < -0.3 is 5.11 Å². The minimum absolute atomic E-state index is 0.0189. The van der Waals surface area contributed by atoms with Crippen molar-refractivity contribution in [3.8, 4) is 0 Å². The lowest BCUT2D eigenvalue weighted by molar-refractivity contribution is -0.137. The molecule has 0 spiro atoms. The van der Waals surface area contributed by atoms with Crippen molar-refractivity contribution in [3.05, 3.63) is 51.9 Å². The quantitative estimate of drug-likeness (QED) is 0.365. The van der Waals surface area contributed by atoms with E-state index < -0.39 is 16.0 Å². The van der Waals surface area contributed by atoms with Crippen molar-refractivity contribution in [2.45, 2.75) is 51.0 Å². The SMILES string of the molecule is O=C(O)CCC/C=C/CC1C2CCC(C2)C1NS(=O)(=O)/C=C/c1cccc(Br)c1. The van der Waals surface area contributed by atoms with Gasteiger partial charge in [0, 0.05) is 22.3 Å². The number of carboxylic acids is 1. The highest BCUT2D eigenvalue weighted by Gasteiger charge is 2.47. The van der Waals surface area contributed by atoms with E-state index in [1.807, 2.05) is 30.3 Å². The van der Waals surface area contributed by atoms with Gasteiger partial charge in [0.15, 0.2) is 0 Å². The van der Waals surface area contributed by atoms with E-state index in [0.717, 1.165) is 35.7 Å². The van der Waals surface area contributed by atoms with Crippen LogP contribution in [0.15, 0.2) is 46.3 Å². The molecule has 0 radical (unpaired) electrons. The third-order valence-electron chi connectivity index (χ3n) is 6.01. The van der Waals surface area contributed by atoms with Crippen molar-refractivity contribution < 1.29 is 18.3 Å². The Morgan fingerprint density at radius 2 is 2.03 bits per heavy atom. The Bertz CT molecular complexity index is 881. The van der Waals surface area contributed by atoms with E-state index in [1.165, 1.54) is 11.8 Å². The standard InChI is InChI=1S/C22H28BrNO4S/c23-19-7-5-6-16(14-19)12-13-29(27,28)24-22-18-11-10-17(15-18)20(22)8-3-1-2-4-9-21(25)26/h1,3,5-7,12-14,17-18,20,22,24H,2,4,8-11,15H2,(H,25,26)/b3-1+,13-12+. The summed E-state index contributed by atoms with van der Waals surface area (Å²) in [6.07, 6.45) is 11.5. The molecule has 2 N–H and O–H groups in total. The molecule has 2 aliphatic rings. The van der Waals surface area contributed by atoms with Crippen LogP contribution in [-0.2, 0) is 14.8 Å². The molecule has 0 amide bonds. The summed E-state index contributed by atoms with van der Waals surface area (Å²) >= 11 is 3.40. The number of hydrogen-bond acceptors (Lipinski definition) is 3. The fourth-order valence-electron chi connectivity index (χ4n) is 4.68. The van der Waals surface area contributed by atoms with Gasteiger partial charge in [0.2, 0.25) is 10.0 Å². The van der Waals surface area contributed by atoms with Gasteiger partial charge >= 0.3 is 5.97 Å². The number of unbranched alkanes of at least 4 members (excludes halogenated alkanes) is 1. The molecule has 2 fully saturated rings. The molecule has 0 aromatic heterocycles. The number of rotatable bonds is 10. The molecule has 3 rings (SSSR count). The van der Waals surface area contributed by atoms with E-state index in [2.05, 4.69) is 26.7 Å². The average molecular weight is 482 g/mol. The maximum atomic E-state index is 12.7. The molecule has 0 saturated heterocycles. The van der Waals surface area contributed by atoms with Gasteiger partial charge in [-0.3, -0.25) is 4.79 Å². The molecule has 2 saturated carbocycles. The Balaban J connectivity index is 1.58. The first kappa shape index (κ1) is 22.2. The number of halogens is 1. The second kappa shape index (κ2) is 10.0. The lowest BCUT2D eigenvalue weighted by Gasteiger charge is -2.30. The van der Waals surface area contributed by atoms with Crippen molar-refractivity contribution in [1.29, 1.82) is 0 Å². The zero-order valence-corrected chi connectivity index (χ0v) is 18.7. The summed E-state index contributed by atoms with van der Waals surface area (Å²) < 4.78 is 29.2. The highest BCUT2D eigenvalue weighted by molar-refractivity contribution is 9.10. The van der Waals surface area contributed by atoms with Crippen molar-refractivity contribution in [2.75, 3.05) is 0 Å². The predicted octanol–water partition coefficient (Wildman–Crippen LogP) is 4.96. The van der Waals surface area contributed by atoms with Crippen LogP contribution >= 0.6 is 15.9 Å². The predicted molar refractivity (Wildman–Crippen MR) is 119 cm³/mol. The zero-order valence-electron chi connectivity index (χ0n) is 16.3. The second-order valence-electron chi connectivity index (χ2n) is 8.04. The summed E-state index contributed by atoms with van der Waals surface area (Å²) in [6.45, 7) is 0. The molecule has 0 heterocycles. The number of fused-ring (bicyclic) bond motifs is 2. The molecule has 29 heavy (non-hydrogen) atoms. The van der Waals surface area contributed by atoms with Crippen LogP contribution in [0.3, 0.4) is 0 Å². The fraction of sp³-hybridized carbons (Fsp3) is 0.500. The monoisotopic (exact) mass is 481 g/mol. The Labute approximate surface area is 181 Å². The number of allylic oxidation sites excluding steroid dienone is 2. The molecule has 1 aromatic carbocycles. The van der Waals surface area contributed by atoms with Crippen molar-refractivity contribution >= 4 is 38.0 Å². The smallest absolute Gasteiger partial charge is 0.303 e. The number of aliphatic carboxylic acids is 1. The van der Waals surface area contributed by atoms with Crippen molar-refractivity contribution in [1.82, 2.24) is 4.72 Å². The van der Waals surface area contributed by atoms with Crippen molar-refractivity contribution in [3.63, 3.8) is 0 Å². The lowest BCUT2D eigenvalue weighted by Crippen LogP contribution is -2.43. The molecule has 0 aliphatic heterocycles. The number of carboxylic acid groups (broad SMARTS) is 1. The Morgan fingerprint density at radius 1 is 1.24 bits per heavy atom. The summed E-state index contributed by atoms with van der Waals surface area (Å²) in [5.74, 6) is 0.542. The molecule has 5 nitrogen and oxygen atoms in total. The van der Waals surface area contributed by atoms with Crippen LogP contribution in [-0.4, -0.2) is 25.5 Å². The van der Waals surface area contributed by atoms with Gasteiger partial charge in [-0.25, -0.2) is 13.1 Å². The molecule has 2 aliphatic carbocycles. The van der Waals surface area contributed by atoms with Crippen LogP contribution in [0, 0.1) is 17.8 Å². The van der Waals surface area contributed by atoms with E-state index in [0.29, 0.717) is 24.2 Å². The van der Waals surface area contributed by atoms with Gasteiger partial charge in [-0.05, 0) is 80.1 Å². The van der Waals surface area contributed by atoms with Crippen LogP contribution in [0.5, 0.6) is 0 Å². The number of sulfonamides is 1. The second-order valence-corrected chi connectivity index (χ2v) is 10.6. The molecular formula is C22H28BrNO4S. The zero-order chi connectivity index (χ0) is 20.9. The highest BCUT2D eigenvalue weighted by Crippen LogP contribution is 2.50. The summed E-state index contributed by atoms with van der Waals surface area (Å²) in [4.78, 5) is 10.6. The molecule has 7 heteroatoms. The highest BCUT2D eigenvalue weighted by atomic mass is 79.9. The van der Waals surface area contributed by atoms with Crippen LogP contribution in [0.1, 0.15) is 50.5 Å². The first-order valence-corrected chi connectivity index (χ1v) is 12.5. The minimum Gasteiger partial charge on any atom is -0.481 e. The van der Waals surface area contributed by atoms with Crippen LogP contribution in [0.2, 0.25) is 0 Å². The minimum atomic E-state index is -3.52. The summed E-state index contributed by atoms with van der Waals surface area (Å²) in [6, 6.07) is 7.50. The number of hydrogen-bond donors (Lipinski definition) is 2. The maximum Gasteiger partial charge on any atom is 0.303 e. The summed E-state index contributed by atoms with van der Waals surface area (Å²) in [5, 5.41) is 9.95. The average Bonchev–Trinajstić information content (AvgIpc) is 3.25. The van der Waals surface area contributed by atoms with Gasteiger partial charge in [-0.15, -0.1) is 0 Å². The summed E-state index contributed by atoms with van der Waals surface area (Å²) in [7, 11) is -3.52. The number of carbonyl (C=O) groups is 1. The van der Waals surface area contributed by atoms with Gasteiger partial charge in [-0.1, -0.05) is 40.2 Å². The van der Waals surface area contributed by atoms with Crippen LogP contribution in [0.4, 0.5) is 0 Å². The van der Waals surface area contributed by atoms with Crippen molar-refractivity contribution in [2.24, 2.45) is 17.8 Å². The molecule has 158 valence electrons. The first-order chi connectivity index (χ1) is 13.8. The van der Waals surface area contributed by atoms with Crippen LogP contribution in [0.25, 0.3) is 6.08 Å². The number of nitrogens with one attached hydrogen (secondary N) is 1. The Hall–Kier alpha value is -1.44. The molecule has 4 atom stereocenters. The summed E-state index contributed by atoms with van der Waals surface area (Å²) in [5.41, 5.74) is 0.832. The van der Waals surface area contributed by atoms with Gasteiger partial charge in [0.25, 0.3) is 0 Å². The Kier molecular flexibility index (Phi) is 7.71. The third kappa shape index (κ3) is 6.52. The van der Waals surface area contributed by atoms with E-state index in [9.17, 15) is 13.2 Å². The fourth-order valence-corrected chi connectivity index (χ4v) is 6.26. The Morgan fingerprint density at radius 3 is 2.79 bits per heavy atom. The lowest BCUT2D eigenvalue weighted by atomic mass is 9.83. The van der Waals surface area contributed by atoms with E-state index in [4.69, 9.17) is 5.11 Å². The van der Waals surface area contributed by atoms with Gasteiger partial charge in [-0.2, -0.15) is 0 Å². The van der Waals surface area contributed by atoms with E-state index in [-0.39, 0.29) is 12.5 Å².